The summed E-state index contributed by atoms with van der Waals surface area (Å²) in [6.45, 7) is 6.29. The van der Waals surface area contributed by atoms with Crippen LogP contribution in [0.5, 0.6) is 11.5 Å². The van der Waals surface area contributed by atoms with Gasteiger partial charge < -0.3 is 14.8 Å². The fraction of sp³-hybridized carbons (Fsp3) is 0.667. The summed E-state index contributed by atoms with van der Waals surface area (Å²) in [6, 6.07) is 6.67. The Balaban J connectivity index is 1.61. The molecule has 3 heteroatoms. The molecule has 1 fully saturated rings. The molecule has 0 bridgehead atoms. The molecule has 0 saturated heterocycles. The van der Waals surface area contributed by atoms with Crippen LogP contribution in [0, 0.1) is 5.92 Å². The van der Waals surface area contributed by atoms with E-state index in [2.05, 4.69) is 37.4 Å². The summed E-state index contributed by atoms with van der Waals surface area (Å²) >= 11 is 0. The first-order valence-corrected chi connectivity index (χ1v) is 8.43. The smallest absolute Gasteiger partial charge is 0.128 e. The normalized spacial score (nSPS) is 28.0. The molecule has 0 radical (unpaired) electrons. The van der Waals surface area contributed by atoms with Crippen LogP contribution in [0.3, 0.4) is 0 Å². The first-order chi connectivity index (χ1) is 10.3. The monoisotopic (exact) mass is 289 g/mol. The van der Waals surface area contributed by atoms with Crippen molar-refractivity contribution in [3.05, 3.63) is 23.8 Å². The minimum absolute atomic E-state index is 0.338. The van der Waals surface area contributed by atoms with Crippen LogP contribution in [0.4, 0.5) is 0 Å². The Morgan fingerprint density at radius 3 is 2.81 bits per heavy atom. The van der Waals surface area contributed by atoms with Crippen molar-refractivity contribution in [2.45, 2.75) is 58.1 Å². The molecule has 1 aromatic carbocycles. The van der Waals surface area contributed by atoms with Crippen molar-refractivity contribution in [2.24, 2.45) is 5.92 Å². The van der Waals surface area contributed by atoms with Crippen LogP contribution < -0.4 is 14.8 Å². The van der Waals surface area contributed by atoms with Crippen LogP contribution in [0.1, 0.15) is 57.6 Å². The number of fused-ring (bicyclic) bond motifs is 1. The Morgan fingerprint density at radius 2 is 2.05 bits per heavy atom. The lowest BCUT2D eigenvalue weighted by atomic mass is 9.89. The maximum atomic E-state index is 6.14. The zero-order valence-corrected chi connectivity index (χ0v) is 13.2. The molecule has 116 valence electrons. The standard InChI is InChI=1S/C18H27NO2/c1-3-10-19-17-12-20-18-11-15(8-9-16(17)18)21-14-6-4-13(2)5-7-14/h8-9,11,13-14,17,19H,3-7,10,12H2,1-2H3. The summed E-state index contributed by atoms with van der Waals surface area (Å²) in [6.07, 6.45) is 6.46. The lowest BCUT2D eigenvalue weighted by molar-refractivity contribution is 0.135. The zero-order valence-electron chi connectivity index (χ0n) is 13.2. The molecule has 2 aliphatic rings. The van der Waals surface area contributed by atoms with Gasteiger partial charge in [0.05, 0.1) is 12.1 Å². The number of hydrogen-bond acceptors (Lipinski definition) is 3. The summed E-state index contributed by atoms with van der Waals surface area (Å²) in [5.74, 6) is 2.81. The molecule has 1 heterocycles. The Bertz CT molecular complexity index is 466. The molecule has 21 heavy (non-hydrogen) atoms. The fourth-order valence-corrected chi connectivity index (χ4v) is 3.29. The van der Waals surface area contributed by atoms with Gasteiger partial charge in [-0.2, -0.15) is 0 Å². The van der Waals surface area contributed by atoms with Crippen LogP contribution in [-0.4, -0.2) is 19.3 Å². The highest BCUT2D eigenvalue weighted by Crippen LogP contribution is 2.36. The molecule has 1 N–H and O–H groups in total. The van der Waals surface area contributed by atoms with E-state index in [9.17, 15) is 0 Å². The first-order valence-electron chi connectivity index (χ1n) is 8.43. The van der Waals surface area contributed by atoms with E-state index >= 15 is 0 Å². The highest BCUT2D eigenvalue weighted by atomic mass is 16.5. The number of benzene rings is 1. The van der Waals surface area contributed by atoms with Crippen LogP contribution in [0.25, 0.3) is 0 Å². The Kier molecular flexibility index (Phi) is 4.69. The third kappa shape index (κ3) is 3.52. The molecule has 1 aliphatic carbocycles. The molecular formula is C18H27NO2. The molecule has 3 rings (SSSR count). The van der Waals surface area contributed by atoms with Gasteiger partial charge in [-0.3, -0.25) is 0 Å². The summed E-state index contributed by atoms with van der Waals surface area (Å²) in [4.78, 5) is 0. The van der Waals surface area contributed by atoms with Gasteiger partial charge >= 0.3 is 0 Å². The van der Waals surface area contributed by atoms with E-state index < -0.39 is 0 Å². The van der Waals surface area contributed by atoms with E-state index in [0.717, 1.165) is 37.0 Å². The van der Waals surface area contributed by atoms with Gasteiger partial charge in [-0.05, 0) is 56.7 Å². The van der Waals surface area contributed by atoms with E-state index in [1.54, 1.807) is 0 Å². The van der Waals surface area contributed by atoms with Crippen molar-refractivity contribution >= 4 is 0 Å². The zero-order chi connectivity index (χ0) is 14.7. The second kappa shape index (κ2) is 6.69. The molecule has 3 nitrogen and oxygen atoms in total. The number of nitrogens with one attached hydrogen (secondary N) is 1. The lowest BCUT2D eigenvalue weighted by Crippen LogP contribution is -2.23. The van der Waals surface area contributed by atoms with Gasteiger partial charge in [0.25, 0.3) is 0 Å². The lowest BCUT2D eigenvalue weighted by Gasteiger charge is -2.27. The van der Waals surface area contributed by atoms with Gasteiger partial charge in [0, 0.05) is 11.6 Å². The minimum Gasteiger partial charge on any atom is -0.491 e. The maximum absolute atomic E-state index is 6.14. The Morgan fingerprint density at radius 1 is 1.24 bits per heavy atom. The topological polar surface area (TPSA) is 30.5 Å². The van der Waals surface area contributed by atoms with Gasteiger partial charge in [-0.25, -0.2) is 0 Å². The van der Waals surface area contributed by atoms with Gasteiger partial charge in [-0.15, -0.1) is 0 Å². The van der Waals surface area contributed by atoms with Crippen molar-refractivity contribution in [2.75, 3.05) is 13.2 Å². The molecule has 1 aliphatic heterocycles. The molecule has 1 atom stereocenters. The summed E-state index contributed by atoms with van der Waals surface area (Å²) in [5.41, 5.74) is 1.27. The van der Waals surface area contributed by atoms with Crippen LogP contribution in [-0.2, 0) is 0 Å². The average Bonchev–Trinajstić information content (AvgIpc) is 2.90. The van der Waals surface area contributed by atoms with Crippen LogP contribution in [0.15, 0.2) is 18.2 Å². The van der Waals surface area contributed by atoms with E-state index in [-0.39, 0.29) is 0 Å². The predicted octanol–water partition coefficient (Wildman–Crippen LogP) is 4.08. The van der Waals surface area contributed by atoms with Gasteiger partial charge in [-0.1, -0.05) is 13.8 Å². The highest BCUT2D eigenvalue weighted by molar-refractivity contribution is 5.45. The van der Waals surface area contributed by atoms with Crippen LogP contribution >= 0.6 is 0 Å². The van der Waals surface area contributed by atoms with Crippen molar-refractivity contribution in [3.63, 3.8) is 0 Å². The predicted molar refractivity (Wildman–Crippen MR) is 85.0 cm³/mol. The quantitative estimate of drug-likeness (QED) is 0.886. The molecular weight excluding hydrogens is 262 g/mol. The summed E-state index contributed by atoms with van der Waals surface area (Å²) in [7, 11) is 0. The average molecular weight is 289 g/mol. The third-order valence-electron chi connectivity index (χ3n) is 4.67. The Hall–Kier alpha value is -1.22. The molecule has 0 aromatic heterocycles. The molecule has 1 aromatic rings. The molecule has 1 unspecified atom stereocenters. The van der Waals surface area contributed by atoms with E-state index in [1.807, 2.05) is 0 Å². The maximum Gasteiger partial charge on any atom is 0.128 e. The van der Waals surface area contributed by atoms with E-state index in [0.29, 0.717) is 12.1 Å². The Labute approximate surface area is 128 Å². The SMILES string of the molecule is CCCNC1COc2cc(OC3CCC(C)CC3)ccc21. The van der Waals surface area contributed by atoms with E-state index in [4.69, 9.17) is 9.47 Å². The van der Waals surface area contributed by atoms with Crippen molar-refractivity contribution in [3.8, 4) is 11.5 Å². The minimum atomic E-state index is 0.338. The second-order valence-electron chi connectivity index (χ2n) is 6.52. The van der Waals surface area contributed by atoms with Gasteiger partial charge in [0.1, 0.15) is 18.1 Å². The molecule has 1 saturated carbocycles. The highest BCUT2D eigenvalue weighted by Gasteiger charge is 2.25. The van der Waals surface area contributed by atoms with Gasteiger partial charge in [0.2, 0.25) is 0 Å². The van der Waals surface area contributed by atoms with Gasteiger partial charge in [0.15, 0.2) is 0 Å². The second-order valence-corrected chi connectivity index (χ2v) is 6.52. The van der Waals surface area contributed by atoms with Crippen molar-refractivity contribution in [1.82, 2.24) is 5.32 Å². The summed E-state index contributed by atoms with van der Waals surface area (Å²) in [5, 5.41) is 3.53. The number of rotatable bonds is 5. The summed E-state index contributed by atoms with van der Waals surface area (Å²) < 4.78 is 12.0. The fourth-order valence-electron chi connectivity index (χ4n) is 3.29. The van der Waals surface area contributed by atoms with E-state index in [1.165, 1.54) is 31.2 Å². The molecule has 0 amide bonds. The van der Waals surface area contributed by atoms with Crippen molar-refractivity contribution < 1.29 is 9.47 Å². The van der Waals surface area contributed by atoms with Crippen molar-refractivity contribution in [1.29, 1.82) is 0 Å². The number of hydrogen-bond donors (Lipinski definition) is 1. The molecule has 0 spiro atoms. The number of ether oxygens (including phenoxy) is 2. The first kappa shape index (κ1) is 14.7. The third-order valence-corrected chi connectivity index (χ3v) is 4.67. The largest absolute Gasteiger partial charge is 0.491 e. The van der Waals surface area contributed by atoms with Crippen LogP contribution in [0.2, 0.25) is 0 Å².